The summed E-state index contributed by atoms with van der Waals surface area (Å²) >= 11 is 0. The van der Waals surface area contributed by atoms with Crippen LogP contribution in [-0.4, -0.2) is 19.1 Å². The topological polar surface area (TPSA) is 71.3 Å². The number of carbonyl (C=O) groups excluding carboxylic acids is 1. The van der Waals surface area contributed by atoms with E-state index in [-0.39, 0.29) is 12.5 Å². The van der Waals surface area contributed by atoms with Gasteiger partial charge in [-0.3, -0.25) is 4.79 Å². The molecule has 23 heavy (non-hydrogen) atoms. The van der Waals surface area contributed by atoms with Gasteiger partial charge in [0.2, 0.25) is 0 Å². The molecule has 1 amide bonds. The number of hydrogen-bond acceptors (Lipinski definition) is 4. The van der Waals surface area contributed by atoms with E-state index >= 15 is 0 Å². The number of benzene rings is 2. The third-order valence-corrected chi connectivity index (χ3v) is 3.03. The van der Waals surface area contributed by atoms with Crippen LogP contribution < -0.4 is 14.8 Å². The molecule has 0 saturated carbocycles. The van der Waals surface area contributed by atoms with Crippen LogP contribution >= 0.6 is 0 Å². The summed E-state index contributed by atoms with van der Waals surface area (Å²) in [5.41, 5.74) is 1.57. The van der Waals surface area contributed by atoms with Crippen LogP contribution in [0.4, 0.5) is 5.69 Å². The quantitative estimate of drug-likeness (QED) is 0.852. The van der Waals surface area contributed by atoms with E-state index in [1.165, 1.54) is 0 Å². The lowest BCUT2D eigenvalue weighted by Crippen LogP contribution is -2.20. The van der Waals surface area contributed by atoms with Gasteiger partial charge >= 0.3 is 0 Å². The van der Waals surface area contributed by atoms with E-state index in [2.05, 4.69) is 11.4 Å². The van der Waals surface area contributed by atoms with E-state index in [0.29, 0.717) is 30.2 Å². The Bertz CT molecular complexity index is 690. The second kappa shape index (κ2) is 8.44. The van der Waals surface area contributed by atoms with Crippen molar-refractivity contribution in [2.45, 2.75) is 13.3 Å². The van der Waals surface area contributed by atoms with Gasteiger partial charge in [-0.2, -0.15) is 5.26 Å². The van der Waals surface area contributed by atoms with Crippen molar-refractivity contribution in [2.24, 2.45) is 0 Å². The molecule has 0 aliphatic carbocycles. The van der Waals surface area contributed by atoms with Crippen molar-refractivity contribution in [3.05, 3.63) is 54.1 Å². The second-order valence-corrected chi connectivity index (χ2v) is 4.75. The SMILES string of the molecule is CCOc1ccccc1OCC(=O)Nc1ccc(CC#N)cc1. The van der Waals surface area contributed by atoms with Gasteiger partial charge in [0.15, 0.2) is 18.1 Å². The fourth-order valence-electron chi connectivity index (χ4n) is 1.98. The van der Waals surface area contributed by atoms with E-state index in [4.69, 9.17) is 14.7 Å². The van der Waals surface area contributed by atoms with Gasteiger partial charge in [-0.1, -0.05) is 24.3 Å². The van der Waals surface area contributed by atoms with Gasteiger partial charge in [-0.25, -0.2) is 0 Å². The van der Waals surface area contributed by atoms with E-state index < -0.39 is 0 Å². The number of ether oxygens (including phenoxy) is 2. The highest BCUT2D eigenvalue weighted by Gasteiger charge is 2.07. The third-order valence-electron chi connectivity index (χ3n) is 3.03. The molecule has 5 nitrogen and oxygen atoms in total. The second-order valence-electron chi connectivity index (χ2n) is 4.75. The normalized spacial score (nSPS) is 9.74. The molecule has 2 aromatic carbocycles. The van der Waals surface area contributed by atoms with Gasteiger partial charge in [0.1, 0.15) is 0 Å². The van der Waals surface area contributed by atoms with Gasteiger partial charge in [-0.15, -0.1) is 0 Å². The summed E-state index contributed by atoms with van der Waals surface area (Å²) in [6, 6.07) is 16.4. The van der Waals surface area contributed by atoms with Gasteiger partial charge in [0.05, 0.1) is 19.1 Å². The van der Waals surface area contributed by atoms with Crippen molar-refractivity contribution >= 4 is 11.6 Å². The van der Waals surface area contributed by atoms with Gasteiger partial charge in [-0.05, 0) is 36.8 Å². The first kappa shape index (κ1) is 16.4. The predicted molar refractivity (Wildman–Crippen MR) is 87.5 cm³/mol. The maximum absolute atomic E-state index is 11.9. The third kappa shape index (κ3) is 5.04. The van der Waals surface area contributed by atoms with Gasteiger partial charge in [0, 0.05) is 5.69 Å². The number of hydrogen-bond donors (Lipinski definition) is 1. The van der Waals surface area contributed by atoms with Crippen LogP contribution in [0.5, 0.6) is 11.5 Å². The highest BCUT2D eigenvalue weighted by Crippen LogP contribution is 2.26. The maximum Gasteiger partial charge on any atom is 0.262 e. The molecule has 0 bridgehead atoms. The van der Waals surface area contributed by atoms with Crippen LogP contribution in [0.15, 0.2) is 48.5 Å². The molecule has 118 valence electrons. The lowest BCUT2D eigenvalue weighted by atomic mass is 10.1. The zero-order valence-electron chi connectivity index (χ0n) is 12.9. The van der Waals surface area contributed by atoms with Crippen LogP contribution in [0.3, 0.4) is 0 Å². The number of amides is 1. The van der Waals surface area contributed by atoms with Crippen LogP contribution in [0.25, 0.3) is 0 Å². The zero-order valence-corrected chi connectivity index (χ0v) is 12.9. The van der Waals surface area contributed by atoms with Crippen LogP contribution in [-0.2, 0) is 11.2 Å². The standard InChI is InChI=1S/C18H18N2O3/c1-2-22-16-5-3-4-6-17(16)23-13-18(21)20-15-9-7-14(8-10-15)11-12-19/h3-10H,2,11,13H2,1H3,(H,20,21). The van der Waals surface area contributed by atoms with Crippen molar-refractivity contribution in [1.29, 1.82) is 5.26 Å². The van der Waals surface area contributed by atoms with Crippen molar-refractivity contribution in [3.63, 3.8) is 0 Å². The summed E-state index contributed by atoms with van der Waals surface area (Å²) in [6.07, 6.45) is 0.353. The molecule has 5 heteroatoms. The minimum Gasteiger partial charge on any atom is -0.490 e. The Balaban J connectivity index is 1.89. The van der Waals surface area contributed by atoms with E-state index in [0.717, 1.165) is 5.56 Å². The molecule has 0 fully saturated rings. The zero-order chi connectivity index (χ0) is 16.5. The van der Waals surface area contributed by atoms with E-state index in [9.17, 15) is 4.79 Å². The number of nitrogens with one attached hydrogen (secondary N) is 1. The lowest BCUT2D eigenvalue weighted by Gasteiger charge is -2.11. The Kier molecular flexibility index (Phi) is 6.01. The fraction of sp³-hybridized carbons (Fsp3) is 0.222. The Hall–Kier alpha value is -3.00. The molecule has 0 heterocycles. The fourth-order valence-corrected chi connectivity index (χ4v) is 1.98. The first-order valence-corrected chi connectivity index (χ1v) is 7.33. The number of nitriles is 1. The number of nitrogens with zero attached hydrogens (tertiary/aromatic N) is 1. The molecule has 0 atom stereocenters. The molecule has 0 spiro atoms. The maximum atomic E-state index is 11.9. The van der Waals surface area contributed by atoms with Crippen LogP contribution in [0.1, 0.15) is 12.5 Å². The van der Waals surface area contributed by atoms with Gasteiger partial charge in [0.25, 0.3) is 5.91 Å². The van der Waals surface area contributed by atoms with Crippen molar-refractivity contribution in [1.82, 2.24) is 0 Å². The molecule has 0 radical (unpaired) electrons. The lowest BCUT2D eigenvalue weighted by molar-refractivity contribution is -0.118. The Morgan fingerprint density at radius 1 is 1.09 bits per heavy atom. The van der Waals surface area contributed by atoms with E-state index in [1.54, 1.807) is 24.3 Å². The summed E-state index contributed by atoms with van der Waals surface area (Å²) < 4.78 is 10.9. The minimum absolute atomic E-state index is 0.107. The minimum atomic E-state index is -0.260. The summed E-state index contributed by atoms with van der Waals surface area (Å²) in [5.74, 6) is 0.891. The van der Waals surface area contributed by atoms with Crippen LogP contribution in [0, 0.1) is 11.3 Å². The number of para-hydroxylation sites is 2. The highest BCUT2D eigenvalue weighted by molar-refractivity contribution is 5.91. The molecular formula is C18H18N2O3. The Morgan fingerprint density at radius 3 is 2.35 bits per heavy atom. The first-order valence-electron chi connectivity index (χ1n) is 7.33. The average molecular weight is 310 g/mol. The molecule has 0 saturated heterocycles. The average Bonchev–Trinajstić information content (AvgIpc) is 2.56. The summed E-state index contributed by atoms with van der Waals surface area (Å²) in [6.45, 7) is 2.31. The molecule has 2 rings (SSSR count). The van der Waals surface area contributed by atoms with Crippen LogP contribution in [0.2, 0.25) is 0 Å². The Labute approximate surface area is 135 Å². The summed E-state index contributed by atoms with van der Waals surface area (Å²) in [4.78, 5) is 11.9. The number of carbonyl (C=O) groups is 1. The molecule has 0 aliphatic rings. The summed E-state index contributed by atoms with van der Waals surface area (Å²) in [5, 5.41) is 11.4. The number of anilines is 1. The predicted octanol–water partition coefficient (Wildman–Crippen LogP) is 3.17. The smallest absolute Gasteiger partial charge is 0.262 e. The summed E-state index contributed by atoms with van der Waals surface area (Å²) in [7, 11) is 0. The van der Waals surface area contributed by atoms with Crippen molar-refractivity contribution < 1.29 is 14.3 Å². The van der Waals surface area contributed by atoms with Crippen molar-refractivity contribution in [3.8, 4) is 17.6 Å². The highest BCUT2D eigenvalue weighted by atomic mass is 16.5. The molecule has 1 N–H and O–H groups in total. The first-order chi connectivity index (χ1) is 11.2. The van der Waals surface area contributed by atoms with Crippen molar-refractivity contribution in [2.75, 3.05) is 18.5 Å². The molecule has 0 aromatic heterocycles. The molecule has 0 aliphatic heterocycles. The van der Waals surface area contributed by atoms with E-state index in [1.807, 2.05) is 31.2 Å². The largest absolute Gasteiger partial charge is 0.490 e. The number of rotatable bonds is 7. The monoisotopic (exact) mass is 310 g/mol. The molecular weight excluding hydrogens is 292 g/mol. The van der Waals surface area contributed by atoms with Gasteiger partial charge < -0.3 is 14.8 Å². The molecule has 0 unspecified atom stereocenters. The Morgan fingerprint density at radius 2 is 1.74 bits per heavy atom. The molecule has 2 aromatic rings.